The molecule has 266 valence electrons. The zero-order valence-corrected chi connectivity index (χ0v) is 31.6. The van der Waals surface area contributed by atoms with Gasteiger partial charge in [0.1, 0.15) is 0 Å². The second-order valence-electron chi connectivity index (χ2n) is 9.92. The van der Waals surface area contributed by atoms with Crippen LogP contribution in [0.2, 0.25) is 0 Å². The molecule has 16 heteroatoms. The first kappa shape index (κ1) is 53.6. The molecule has 0 atom stereocenters. The summed E-state index contributed by atoms with van der Waals surface area (Å²) in [6.45, 7) is 7.55. The fraction of sp³-hybridized carbons (Fsp3) is 0.257. The van der Waals surface area contributed by atoms with Crippen molar-refractivity contribution in [3.05, 3.63) is 99.5 Å². The molecule has 13 nitrogen and oxygen atoms in total. The quantitative estimate of drug-likeness (QED) is 0.0676. The normalized spacial score (nSPS) is 8.90. The van der Waals surface area contributed by atoms with Gasteiger partial charge in [-0.15, -0.1) is 0 Å². The summed E-state index contributed by atoms with van der Waals surface area (Å²) in [4.78, 5) is 64.4. The van der Waals surface area contributed by atoms with Crippen molar-refractivity contribution in [3.63, 3.8) is 0 Å². The molecule has 0 radical (unpaired) electrons. The maximum Gasteiger partial charge on any atom is 1.00 e. The van der Waals surface area contributed by atoms with E-state index < -0.39 is 11.9 Å². The molecule has 0 fully saturated rings. The van der Waals surface area contributed by atoms with Crippen molar-refractivity contribution < 1.29 is 86.5 Å². The molecule has 0 aliphatic heterocycles. The van der Waals surface area contributed by atoms with Crippen LogP contribution in [0.5, 0.6) is 0 Å². The summed E-state index contributed by atoms with van der Waals surface area (Å²) in [6.07, 6.45) is 2.26. The number of aryl methyl sites for hydroxylation is 2. The van der Waals surface area contributed by atoms with Gasteiger partial charge in [0.05, 0.1) is 14.2 Å². The summed E-state index contributed by atoms with van der Waals surface area (Å²) in [7, 11) is 2.66. The number of hydrogen-bond acceptors (Lipinski definition) is 13. The number of benzene rings is 3. The van der Waals surface area contributed by atoms with Gasteiger partial charge in [0.25, 0.3) is 0 Å². The van der Waals surface area contributed by atoms with Crippen LogP contribution in [0.25, 0.3) is 0 Å². The van der Waals surface area contributed by atoms with Gasteiger partial charge in [0, 0.05) is 56.7 Å². The van der Waals surface area contributed by atoms with E-state index in [1.807, 2.05) is 12.1 Å². The predicted octanol–water partition coefficient (Wildman–Crippen LogP) is -1.86. The van der Waals surface area contributed by atoms with Gasteiger partial charge in [-0.05, 0) is 93.6 Å². The van der Waals surface area contributed by atoms with Crippen molar-refractivity contribution in [3.8, 4) is 0 Å². The fourth-order valence-corrected chi connectivity index (χ4v) is 4.00. The maximum absolute atomic E-state index is 11.2. The average molecular weight is 759 g/mol. The number of carbonyl (C=O) groups excluding carboxylic acids is 6. The third-order valence-electron chi connectivity index (χ3n) is 6.22. The third-order valence-corrected chi connectivity index (χ3v) is 6.71. The number of carboxylic acids is 1. The number of anilines is 3. The number of Topliss-reactive ketones (excluding diaryl/α,β-unsaturated/α-hetero) is 3. The van der Waals surface area contributed by atoms with Gasteiger partial charge in [-0.3, -0.25) is 19.2 Å². The molecule has 0 aliphatic carbocycles. The minimum atomic E-state index is -1.10. The number of hydrogen-bond donors (Lipinski definition) is 3. The number of nitrogens with two attached hydrogens (primary N) is 3. The Morgan fingerprint density at radius 1 is 0.686 bits per heavy atom. The third kappa shape index (κ3) is 22.3. The van der Waals surface area contributed by atoms with E-state index in [1.54, 1.807) is 42.5 Å². The Bertz CT molecular complexity index is 1640. The molecule has 0 bridgehead atoms. The Morgan fingerprint density at radius 3 is 1.35 bits per heavy atom. The Hall–Kier alpha value is -4.15. The maximum atomic E-state index is 11.2. The SMILES string of the molecule is C=CC(=O)OC.CC(=O)c1cc(Br)ccc1N.CC(=O)c1cc(CCC(=O)[O-])ccc1N.COC(=O)CCc1ccc(N)c(C(C)=O)c1.[Li+].[Li+].[OH-]. The summed E-state index contributed by atoms with van der Waals surface area (Å²) in [5.41, 5.74) is 21.4. The van der Waals surface area contributed by atoms with Crippen LogP contribution >= 0.6 is 15.9 Å². The van der Waals surface area contributed by atoms with Crippen LogP contribution in [0, 0.1) is 0 Å². The number of methoxy groups -OCH3 is 2. The number of halogens is 1. The van der Waals surface area contributed by atoms with Crippen LogP contribution in [0.1, 0.15) is 75.8 Å². The summed E-state index contributed by atoms with van der Waals surface area (Å²) in [5, 5.41) is 10.3. The molecule has 0 aliphatic rings. The van der Waals surface area contributed by atoms with Crippen molar-refractivity contribution in [1.29, 1.82) is 0 Å². The number of rotatable bonds is 10. The average Bonchev–Trinajstić information content (AvgIpc) is 3.04. The molecular weight excluding hydrogens is 716 g/mol. The molecule has 0 saturated carbocycles. The van der Waals surface area contributed by atoms with Crippen LogP contribution in [0.4, 0.5) is 17.1 Å². The number of esters is 2. The van der Waals surface area contributed by atoms with E-state index in [1.165, 1.54) is 35.0 Å². The van der Waals surface area contributed by atoms with Crippen molar-refractivity contribution in [2.75, 3.05) is 31.4 Å². The molecule has 51 heavy (non-hydrogen) atoms. The van der Waals surface area contributed by atoms with Gasteiger partial charge >= 0.3 is 49.7 Å². The number of ketones is 3. The van der Waals surface area contributed by atoms with Crippen molar-refractivity contribution in [2.45, 2.75) is 46.5 Å². The molecular formula is C35H42BrLi2N3O10. The minimum Gasteiger partial charge on any atom is -0.870 e. The van der Waals surface area contributed by atoms with Crippen LogP contribution in [0.3, 0.4) is 0 Å². The van der Waals surface area contributed by atoms with E-state index in [9.17, 15) is 33.9 Å². The number of carbonyl (C=O) groups is 6. The van der Waals surface area contributed by atoms with Crippen LogP contribution < -0.4 is 60.0 Å². The molecule has 0 unspecified atom stereocenters. The number of aliphatic carboxylic acids is 1. The first-order chi connectivity index (χ1) is 22.5. The smallest absolute Gasteiger partial charge is 0.870 e. The van der Waals surface area contributed by atoms with Crippen molar-refractivity contribution in [2.24, 2.45) is 0 Å². The van der Waals surface area contributed by atoms with Gasteiger partial charge in [-0.1, -0.05) is 34.6 Å². The van der Waals surface area contributed by atoms with Crippen molar-refractivity contribution >= 4 is 68.2 Å². The van der Waals surface area contributed by atoms with Crippen molar-refractivity contribution in [1.82, 2.24) is 0 Å². The topological polar surface area (TPSA) is 252 Å². The molecule has 7 N–H and O–H groups in total. The van der Waals surface area contributed by atoms with Gasteiger partial charge in [0.15, 0.2) is 17.3 Å². The molecule has 0 spiro atoms. The number of nitrogen functional groups attached to an aromatic ring is 3. The van der Waals surface area contributed by atoms with E-state index >= 15 is 0 Å². The molecule has 0 aromatic heterocycles. The Kier molecular flexibility index (Phi) is 30.0. The Morgan fingerprint density at radius 2 is 1.06 bits per heavy atom. The van der Waals surface area contributed by atoms with Crippen LogP contribution in [-0.2, 0) is 36.7 Å². The van der Waals surface area contributed by atoms with Gasteiger partial charge in [-0.2, -0.15) is 0 Å². The first-order valence-electron chi connectivity index (χ1n) is 14.3. The Balaban J connectivity index is -0.000000296. The summed E-state index contributed by atoms with van der Waals surface area (Å²) in [6, 6.07) is 15.4. The number of ether oxygens (including phenoxy) is 2. The Labute approximate surface area is 330 Å². The minimum absolute atomic E-state index is 0. The van der Waals surface area contributed by atoms with E-state index in [4.69, 9.17) is 17.2 Å². The summed E-state index contributed by atoms with van der Waals surface area (Å²) in [5.74, 6) is -1.96. The summed E-state index contributed by atoms with van der Waals surface area (Å²) >= 11 is 3.26. The predicted molar refractivity (Wildman–Crippen MR) is 188 cm³/mol. The first-order valence-corrected chi connectivity index (χ1v) is 15.1. The molecule has 3 aromatic carbocycles. The van der Waals surface area contributed by atoms with Gasteiger partial charge < -0.3 is 42.1 Å². The van der Waals surface area contributed by atoms with E-state index in [0.717, 1.165) is 21.7 Å². The largest absolute Gasteiger partial charge is 1.00 e. The zero-order valence-electron chi connectivity index (χ0n) is 30.0. The molecule has 0 amide bonds. The zero-order chi connectivity index (χ0) is 37.0. The van der Waals surface area contributed by atoms with Crippen LogP contribution in [0.15, 0.2) is 71.7 Å². The van der Waals surface area contributed by atoms with Crippen LogP contribution in [-0.4, -0.2) is 55.0 Å². The van der Waals surface area contributed by atoms with E-state index in [2.05, 4.69) is 32.0 Å². The second-order valence-corrected chi connectivity index (χ2v) is 10.8. The standard InChI is InChI=1S/C12H15NO3.C11H13NO3.C8H8BrNO.C4H6O2.2Li.H2O/c1-8(14)10-7-9(3-5-11(10)13)4-6-12(15)16-2;1-7(13)9-6-8(2-4-10(9)12)3-5-11(14)15;1-5(11)7-4-6(9)2-3-8(7)10;1-3-4(5)6-2;;;/h3,5,7H,4,6,13H2,1-2H3;2,4,6H,3,5,12H2,1H3,(H,14,15);2-4H,10H2,1H3;3H,1H2,2H3;;;1H2/q;;;;2*+1;/p-2. The van der Waals surface area contributed by atoms with Gasteiger partial charge in [0.2, 0.25) is 0 Å². The fourth-order valence-electron chi connectivity index (χ4n) is 3.64. The second kappa shape index (κ2) is 28.5. The molecule has 0 heterocycles. The molecule has 3 aromatic rings. The molecule has 0 saturated heterocycles. The van der Waals surface area contributed by atoms with E-state index in [0.29, 0.717) is 53.0 Å². The monoisotopic (exact) mass is 757 g/mol. The summed E-state index contributed by atoms with van der Waals surface area (Å²) < 4.78 is 9.56. The van der Waals surface area contributed by atoms with E-state index in [-0.39, 0.29) is 72.9 Å². The molecule has 3 rings (SSSR count). The number of carboxylic acid groups (broad SMARTS) is 1. The van der Waals surface area contributed by atoms with Gasteiger partial charge in [-0.25, -0.2) is 4.79 Å².